The molecule has 2 nitrogen and oxygen atoms in total. The fourth-order valence-corrected chi connectivity index (χ4v) is 3.79. The van der Waals surface area contributed by atoms with E-state index >= 15 is 0 Å². The maximum absolute atomic E-state index is 12.7. The third-order valence-corrected chi connectivity index (χ3v) is 4.75. The Labute approximate surface area is 119 Å². The number of nitrogens with zero attached hydrogens (tertiary/aromatic N) is 1. The molecule has 0 radical (unpaired) electrons. The number of aryl methyl sites for hydroxylation is 1. The summed E-state index contributed by atoms with van der Waals surface area (Å²) in [5.41, 5.74) is 2.06. The molecule has 0 saturated carbocycles. The van der Waals surface area contributed by atoms with Crippen LogP contribution in [0.1, 0.15) is 5.56 Å². The van der Waals surface area contributed by atoms with Crippen LogP contribution in [0.2, 0.25) is 0 Å². The Morgan fingerprint density at radius 1 is 0.950 bits per heavy atom. The van der Waals surface area contributed by atoms with Crippen LogP contribution in [0.15, 0.2) is 53.3 Å². The van der Waals surface area contributed by atoms with Gasteiger partial charge < -0.3 is 0 Å². The van der Waals surface area contributed by atoms with E-state index in [2.05, 4.69) is 4.98 Å². The largest absolute Gasteiger partial charge is 0.288 e. The number of hydrogen-bond donors (Lipinski definition) is 0. The Kier molecular flexibility index (Phi) is 2.38. The van der Waals surface area contributed by atoms with Gasteiger partial charge in [-0.15, -0.1) is 11.3 Å². The highest BCUT2D eigenvalue weighted by molar-refractivity contribution is 7.24. The summed E-state index contributed by atoms with van der Waals surface area (Å²) in [6.07, 6.45) is 0. The normalized spacial score (nSPS) is 11.4. The van der Waals surface area contributed by atoms with Crippen molar-refractivity contribution in [2.75, 3.05) is 0 Å². The first-order valence-electron chi connectivity index (χ1n) is 6.46. The molecule has 0 amide bonds. The number of hydrogen-bond acceptors (Lipinski definition) is 3. The molecule has 3 heteroatoms. The Hall–Kier alpha value is -2.26. The molecule has 0 spiro atoms. The van der Waals surface area contributed by atoms with Gasteiger partial charge >= 0.3 is 0 Å². The van der Waals surface area contributed by atoms with Crippen LogP contribution < -0.4 is 5.43 Å². The number of para-hydroxylation sites is 1. The first-order chi connectivity index (χ1) is 9.75. The van der Waals surface area contributed by atoms with Crippen molar-refractivity contribution in [1.29, 1.82) is 0 Å². The first kappa shape index (κ1) is 11.6. The summed E-state index contributed by atoms with van der Waals surface area (Å²) in [7, 11) is 0. The lowest BCUT2D eigenvalue weighted by molar-refractivity contribution is 1.48. The van der Waals surface area contributed by atoms with Gasteiger partial charge in [-0.25, -0.2) is 4.98 Å². The van der Waals surface area contributed by atoms with Gasteiger partial charge in [-0.1, -0.05) is 30.3 Å². The van der Waals surface area contributed by atoms with Crippen LogP contribution in [0.5, 0.6) is 0 Å². The zero-order chi connectivity index (χ0) is 13.7. The molecule has 2 heterocycles. The van der Waals surface area contributed by atoms with E-state index in [9.17, 15) is 4.79 Å². The highest BCUT2D eigenvalue weighted by atomic mass is 32.1. The second-order valence-electron chi connectivity index (χ2n) is 4.86. The summed E-state index contributed by atoms with van der Waals surface area (Å²) in [5.74, 6) is 0. The molecule has 0 aliphatic carbocycles. The summed E-state index contributed by atoms with van der Waals surface area (Å²) < 4.78 is 0.993. The third-order valence-electron chi connectivity index (χ3n) is 3.68. The number of rotatable bonds is 0. The topological polar surface area (TPSA) is 30.0 Å². The molecule has 2 aromatic heterocycles. The van der Waals surface area contributed by atoms with E-state index in [1.54, 1.807) is 11.3 Å². The Balaban J connectivity index is 2.35. The van der Waals surface area contributed by atoms with Crippen LogP contribution >= 0.6 is 11.3 Å². The SMILES string of the molecule is Cc1c2ccccc2nc2sc3ccccc3c(=O)c12. The minimum atomic E-state index is 0.0881. The Bertz CT molecular complexity index is 1030. The highest BCUT2D eigenvalue weighted by Crippen LogP contribution is 2.28. The van der Waals surface area contributed by atoms with E-state index in [1.807, 2.05) is 55.5 Å². The second kappa shape index (κ2) is 4.12. The van der Waals surface area contributed by atoms with Crippen molar-refractivity contribution in [3.8, 4) is 0 Å². The summed E-state index contributed by atoms with van der Waals surface area (Å²) in [6, 6.07) is 15.7. The van der Waals surface area contributed by atoms with Crippen LogP contribution in [0.25, 0.3) is 31.2 Å². The number of pyridine rings is 1. The number of aromatic nitrogens is 1. The third kappa shape index (κ3) is 1.50. The minimum Gasteiger partial charge on any atom is -0.288 e. The van der Waals surface area contributed by atoms with Crippen molar-refractivity contribution >= 4 is 42.5 Å². The van der Waals surface area contributed by atoms with Gasteiger partial charge in [0.1, 0.15) is 4.83 Å². The molecule has 0 aliphatic heterocycles. The molecular formula is C17H11NOS. The average Bonchev–Trinajstić information content (AvgIpc) is 2.47. The van der Waals surface area contributed by atoms with Crippen LogP contribution in [-0.2, 0) is 0 Å². The van der Waals surface area contributed by atoms with Crippen LogP contribution in [-0.4, -0.2) is 4.98 Å². The van der Waals surface area contributed by atoms with Gasteiger partial charge in [0.25, 0.3) is 0 Å². The molecule has 2 aromatic carbocycles. The van der Waals surface area contributed by atoms with Gasteiger partial charge in [-0.05, 0) is 30.7 Å². The Morgan fingerprint density at radius 3 is 2.50 bits per heavy atom. The maximum Gasteiger partial charge on any atom is 0.197 e. The summed E-state index contributed by atoms with van der Waals surface area (Å²) in [5, 5.41) is 2.59. The minimum absolute atomic E-state index is 0.0881. The zero-order valence-corrected chi connectivity index (χ0v) is 11.7. The van der Waals surface area contributed by atoms with E-state index in [4.69, 9.17) is 0 Å². The van der Waals surface area contributed by atoms with E-state index < -0.39 is 0 Å². The van der Waals surface area contributed by atoms with E-state index in [0.717, 1.165) is 36.8 Å². The summed E-state index contributed by atoms with van der Waals surface area (Å²) >= 11 is 1.58. The Morgan fingerprint density at radius 2 is 1.65 bits per heavy atom. The van der Waals surface area contributed by atoms with Crippen molar-refractivity contribution < 1.29 is 0 Å². The lowest BCUT2D eigenvalue weighted by Crippen LogP contribution is -2.04. The molecular weight excluding hydrogens is 266 g/mol. The monoisotopic (exact) mass is 277 g/mol. The predicted molar refractivity (Wildman–Crippen MR) is 85.6 cm³/mol. The second-order valence-corrected chi connectivity index (χ2v) is 5.89. The average molecular weight is 277 g/mol. The molecule has 20 heavy (non-hydrogen) atoms. The smallest absolute Gasteiger partial charge is 0.197 e. The van der Waals surface area contributed by atoms with E-state index in [1.165, 1.54) is 0 Å². The van der Waals surface area contributed by atoms with Gasteiger partial charge in [0.15, 0.2) is 5.43 Å². The first-order valence-corrected chi connectivity index (χ1v) is 7.28. The van der Waals surface area contributed by atoms with Crippen molar-refractivity contribution in [2.45, 2.75) is 6.92 Å². The molecule has 0 unspecified atom stereocenters. The molecule has 0 fully saturated rings. The lowest BCUT2D eigenvalue weighted by Gasteiger charge is -2.06. The van der Waals surface area contributed by atoms with Crippen molar-refractivity contribution in [2.24, 2.45) is 0 Å². The predicted octanol–water partition coefficient (Wildman–Crippen LogP) is 4.27. The molecule has 96 valence electrons. The number of fused-ring (bicyclic) bond motifs is 3. The molecule has 0 bridgehead atoms. The fourth-order valence-electron chi connectivity index (χ4n) is 2.67. The van der Waals surface area contributed by atoms with Crippen molar-refractivity contribution in [3.05, 3.63) is 64.3 Å². The molecule has 4 rings (SSSR count). The van der Waals surface area contributed by atoms with Crippen LogP contribution in [0.4, 0.5) is 0 Å². The van der Waals surface area contributed by atoms with Gasteiger partial charge in [0.05, 0.1) is 10.9 Å². The van der Waals surface area contributed by atoms with E-state index in [-0.39, 0.29) is 5.43 Å². The summed E-state index contributed by atoms with van der Waals surface area (Å²) in [6.45, 7) is 2.01. The van der Waals surface area contributed by atoms with Crippen LogP contribution in [0.3, 0.4) is 0 Å². The molecule has 4 aromatic rings. The van der Waals surface area contributed by atoms with Gasteiger partial charge in [0, 0.05) is 15.5 Å². The fraction of sp³-hybridized carbons (Fsp3) is 0.0588. The zero-order valence-electron chi connectivity index (χ0n) is 10.9. The van der Waals surface area contributed by atoms with Crippen LogP contribution in [0, 0.1) is 6.92 Å². The maximum atomic E-state index is 12.7. The van der Waals surface area contributed by atoms with E-state index in [0.29, 0.717) is 0 Å². The van der Waals surface area contributed by atoms with Gasteiger partial charge in [0.2, 0.25) is 0 Å². The van der Waals surface area contributed by atoms with Gasteiger partial charge in [-0.3, -0.25) is 4.79 Å². The van der Waals surface area contributed by atoms with Gasteiger partial charge in [-0.2, -0.15) is 0 Å². The lowest BCUT2D eigenvalue weighted by atomic mass is 10.1. The van der Waals surface area contributed by atoms with Crippen molar-refractivity contribution in [1.82, 2.24) is 4.98 Å². The molecule has 0 saturated heterocycles. The highest BCUT2D eigenvalue weighted by Gasteiger charge is 2.11. The molecule has 0 aliphatic rings. The van der Waals surface area contributed by atoms with Crippen molar-refractivity contribution in [3.63, 3.8) is 0 Å². The molecule has 0 N–H and O–H groups in total. The number of benzene rings is 2. The standard InChI is InChI=1S/C17H11NOS/c1-10-11-6-2-4-8-13(11)18-17-15(10)16(19)12-7-3-5-9-14(12)20-17/h2-9H,1H3. The summed E-state index contributed by atoms with van der Waals surface area (Å²) in [4.78, 5) is 18.2. The molecule has 0 atom stereocenters. The quantitative estimate of drug-likeness (QED) is 0.449.